The molecule has 1 aromatic rings. The number of hydrogen-bond donors (Lipinski definition) is 3. The minimum absolute atomic E-state index is 0.109. The van der Waals surface area contributed by atoms with Crippen LogP contribution in [0.3, 0.4) is 0 Å². The molecule has 1 atom stereocenters. The molecule has 8 nitrogen and oxygen atoms in total. The number of carbonyl (C=O) groups excluding carboxylic acids is 4. The van der Waals surface area contributed by atoms with E-state index >= 15 is 0 Å². The average Bonchev–Trinajstić information content (AvgIpc) is 2.78. The van der Waals surface area contributed by atoms with Gasteiger partial charge in [0.1, 0.15) is 23.7 Å². The van der Waals surface area contributed by atoms with Gasteiger partial charge in [0.2, 0.25) is 11.8 Å². The van der Waals surface area contributed by atoms with Crippen molar-refractivity contribution in [3.63, 3.8) is 0 Å². The molecule has 2 rings (SSSR count). The van der Waals surface area contributed by atoms with Crippen LogP contribution >= 0.6 is 0 Å². The van der Waals surface area contributed by atoms with Crippen molar-refractivity contribution < 1.29 is 28.0 Å². The summed E-state index contributed by atoms with van der Waals surface area (Å²) < 4.78 is 27.5. The lowest BCUT2D eigenvalue weighted by Crippen LogP contribution is -2.46. The van der Waals surface area contributed by atoms with Gasteiger partial charge >= 0.3 is 6.03 Å². The van der Waals surface area contributed by atoms with Crippen LogP contribution in [0.25, 0.3) is 0 Å². The fourth-order valence-electron chi connectivity index (χ4n) is 2.66. The minimum atomic E-state index is -1.85. The molecule has 5 amide bonds. The Kier molecular flexibility index (Phi) is 5.77. The summed E-state index contributed by atoms with van der Waals surface area (Å²) in [5, 5.41) is 7.13. The molecule has 27 heavy (non-hydrogen) atoms. The van der Waals surface area contributed by atoms with Crippen LogP contribution in [0.5, 0.6) is 0 Å². The van der Waals surface area contributed by atoms with Gasteiger partial charge in [-0.3, -0.25) is 19.3 Å². The Bertz CT molecular complexity index is 799. The third kappa shape index (κ3) is 4.39. The molecular weight excluding hydrogens is 362 g/mol. The van der Waals surface area contributed by atoms with Crippen molar-refractivity contribution in [1.82, 2.24) is 20.9 Å². The third-order valence-electron chi connectivity index (χ3n) is 3.94. The fourth-order valence-corrected chi connectivity index (χ4v) is 2.66. The van der Waals surface area contributed by atoms with Gasteiger partial charge < -0.3 is 16.0 Å². The van der Waals surface area contributed by atoms with E-state index in [0.29, 0.717) is 4.90 Å². The van der Waals surface area contributed by atoms with Crippen LogP contribution in [0.15, 0.2) is 18.2 Å². The van der Waals surface area contributed by atoms with Gasteiger partial charge in [-0.25, -0.2) is 13.6 Å². The third-order valence-corrected chi connectivity index (χ3v) is 3.94. The first-order valence-corrected chi connectivity index (χ1v) is 8.20. The molecule has 0 unspecified atom stereocenters. The Morgan fingerprint density at radius 3 is 2.52 bits per heavy atom. The van der Waals surface area contributed by atoms with Crippen molar-refractivity contribution in [2.75, 3.05) is 13.1 Å². The zero-order valence-corrected chi connectivity index (χ0v) is 15.1. The van der Waals surface area contributed by atoms with Crippen molar-refractivity contribution >= 4 is 23.8 Å². The van der Waals surface area contributed by atoms with Crippen LogP contribution in [0.1, 0.15) is 26.3 Å². The largest absolute Gasteiger partial charge is 0.352 e. The highest BCUT2D eigenvalue weighted by molar-refractivity contribution is 6.09. The minimum Gasteiger partial charge on any atom is -0.352 e. The summed E-state index contributed by atoms with van der Waals surface area (Å²) in [6.45, 7) is 3.74. The van der Waals surface area contributed by atoms with Crippen molar-refractivity contribution in [2.24, 2.45) is 0 Å². The molecule has 0 bridgehead atoms. The van der Waals surface area contributed by atoms with Gasteiger partial charge in [-0.2, -0.15) is 0 Å². The lowest BCUT2D eigenvalue weighted by Gasteiger charge is -2.22. The number of nitrogens with one attached hydrogen (secondary N) is 3. The van der Waals surface area contributed by atoms with Crippen molar-refractivity contribution in [2.45, 2.75) is 32.4 Å². The summed E-state index contributed by atoms with van der Waals surface area (Å²) in [5.74, 6) is -3.73. The first-order chi connectivity index (χ1) is 12.5. The highest BCUT2D eigenvalue weighted by Gasteiger charge is 2.50. The summed E-state index contributed by atoms with van der Waals surface area (Å²) >= 11 is 0. The van der Waals surface area contributed by atoms with E-state index in [-0.39, 0.29) is 18.2 Å². The number of hydrogen-bond acceptors (Lipinski definition) is 4. The average molecular weight is 382 g/mol. The molecule has 0 spiro atoms. The van der Waals surface area contributed by atoms with Crippen LogP contribution < -0.4 is 16.0 Å². The van der Waals surface area contributed by atoms with Crippen molar-refractivity contribution in [3.05, 3.63) is 35.4 Å². The predicted molar refractivity (Wildman–Crippen MR) is 90.2 cm³/mol. The van der Waals surface area contributed by atoms with Gasteiger partial charge in [-0.05, 0) is 39.0 Å². The van der Waals surface area contributed by atoms with E-state index in [4.69, 9.17) is 0 Å². The maximum absolute atomic E-state index is 14.1. The molecule has 1 aromatic carbocycles. The first kappa shape index (κ1) is 20.3. The van der Waals surface area contributed by atoms with Gasteiger partial charge in [-0.15, -0.1) is 0 Å². The topological polar surface area (TPSA) is 108 Å². The quantitative estimate of drug-likeness (QED) is 0.618. The molecule has 10 heteroatoms. The molecule has 3 N–H and O–H groups in total. The van der Waals surface area contributed by atoms with Crippen LogP contribution in [0.2, 0.25) is 0 Å². The molecule has 0 aromatic heterocycles. The van der Waals surface area contributed by atoms with Crippen LogP contribution in [-0.2, 0) is 19.9 Å². The predicted octanol–water partition coefficient (Wildman–Crippen LogP) is 0.373. The second-order valence-electron chi connectivity index (χ2n) is 6.57. The molecule has 1 heterocycles. The van der Waals surface area contributed by atoms with E-state index in [2.05, 4.69) is 16.0 Å². The zero-order valence-electron chi connectivity index (χ0n) is 15.1. The van der Waals surface area contributed by atoms with Crippen LogP contribution in [0, 0.1) is 11.6 Å². The first-order valence-electron chi connectivity index (χ1n) is 8.20. The van der Waals surface area contributed by atoms with E-state index in [1.807, 2.05) is 0 Å². The van der Waals surface area contributed by atoms with E-state index < -0.39 is 47.5 Å². The summed E-state index contributed by atoms with van der Waals surface area (Å²) in [6.07, 6.45) is 0. The van der Waals surface area contributed by atoms with Gasteiger partial charge in [-0.1, -0.05) is 0 Å². The molecule has 1 aliphatic rings. The van der Waals surface area contributed by atoms with E-state index in [0.717, 1.165) is 18.2 Å². The Hall–Kier alpha value is -3.04. The van der Waals surface area contributed by atoms with Gasteiger partial charge in [0.05, 0.1) is 6.54 Å². The Balaban J connectivity index is 2.08. The van der Waals surface area contributed by atoms with E-state index in [1.165, 1.54) is 6.92 Å². The van der Waals surface area contributed by atoms with Crippen molar-refractivity contribution in [3.8, 4) is 0 Å². The van der Waals surface area contributed by atoms with Crippen LogP contribution in [0.4, 0.5) is 13.6 Å². The maximum atomic E-state index is 14.1. The SMILES string of the molecule is CC(C)NC(=O)CNC(=O)CN1C(=O)N[C@](C)(c2cc(F)ccc2F)C1=O. The summed E-state index contributed by atoms with van der Waals surface area (Å²) in [6, 6.07) is 1.51. The van der Waals surface area contributed by atoms with Crippen LogP contribution in [-0.4, -0.2) is 47.8 Å². The highest BCUT2D eigenvalue weighted by Crippen LogP contribution is 2.31. The summed E-state index contributed by atoms with van der Waals surface area (Å²) in [7, 11) is 0. The molecule has 0 aliphatic carbocycles. The Labute approximate surface area is 154 Å². The van der Waals surface area contributed by atoms with Gasteiger partial charge in [0.15, 0.2) is 0 Å². The smallest absolute Gasteiger partial charge is 0.325 e. The zero-order chi connectivity index (χ0) is 20.4. The summed E-state index contributed by atoms with van der Waals surface area (Å²) in [5.41, 5.74) is -2.20. The molecule has 0 radical (unpaired) electrons. The summed E-state index contributed by atoms with van der Waals surface area (Å²) in [4.78, 5) is 48.8. The van der Waals surface area contributed by atoms with Gasteiger partial charge in [0.25, 0.3) is 5.91 Å². The Morgan fingerprint density at radius 2 is 1.89 bits per heavy atom. The molecule has 1 aliphatic heterocycles. The normalized spacial score (nSPS) is 19.3. The molecule has 1 saturated heterocycles. The number of benzene rings is 1. The number of nitrogens with zero attached hydrogens (tertiary/aromatic N) is 1. The standard InChI is InChI=1S/C17H20F2N4O4/c1-9(2)21-13(24)7-20-14(25)8-23-15(26)17(3,22-16(23)27)11-6-10(18)4-5-12(11)19/h4-6,9H,7-8H2,1-3H3,(H,20,25)(H,21,24)(H,22,27)/t17-/m1/s1. The number of rotatable bonds is 6. The second-order valence-corrected chi connectivity index (χ2v) is 6.57. The number of halogens is 2. The number of urea groups is 1. The maximum Gasteiger partial charge on any atom is 0.325 e. The van der Waals surface area contributed by atoms with Gasteiger partial charge in [0, 0.05) is 11.6 Å². The van der Waals surface area contributed by atoms with Crippen molar-refractivity contribution in [1.29, 1.82) is 0 Å². The molecule has 0 saturated carbocycles. The number of amides is 5. The van der Waals surface area contributed by atoms with E-state index in [9.17, 15) is 28.0 Å². The van der Waals surface area contributed by atoms with E-state index in [1.54, 1.807) is 13.8 Å². The lowest BCUT2D eigenvalue weighted by molar-refractivity contribution is -0.135. The molecular formula is C17H20F2N4O4. The number of carbonyl (C=O) groups is 4. The fraction of sp³-hybridized carbons (Fsp3) is 0.412. The Morgan fingerprint density at radius 1 is 1.22 bits per heavy atom. The molecule has 146 valence electrons. The second kappa shape index (κ2) is 7.68. The monoisotopic (exact) mass is 382 g/mol. The number of imide groups is 1. The highest BCUT2D eigenvalue weighted by atomic mass is 19.1. The molecule has 1 fully saturated rings. The lowest BCUT2D eigenvalue weighted by atomic mass is 9.91.